The molecule has 1 aliphatic heterocycles. The van der Waals surface area contributed by atoms with Crippen LogP contribution in [0, 0.1) is 13.8 Å². The van der Waals surface area contributed by atoms with Gasteiger partial charge < -0.3 is 9.42 Å². The SMILES string of the molecule is Cc1cc(C(=O)N2CCCC[C@@H]2c2ccn[nH]2)c2c(C)noc2n1. The Morgan fingerprint density at radius 1 is 1.38 bits per heavy atom. The van der Waals surface area contributed by atoms with Crippen molar-refractivity contribution in [3.63, 3.8) is 0 Å². The molecule has 7 nitrogen and oxygen atoms in total. The van der Waals surface area contributed by atoms with E-state index in [9.17, 15) is 4.79 Å². The summed E-state index contributed by atoms with van der Waals surface area (Å²) in [4.78, 5) is 19.6. The first kappa shape index (κ1) is 14.9. The molecule has 0 saturated carbocycles. The van der Waals surface area contributed by atoms with Crippen molar-refractivity contribution in [1.82, 2.24) is 25.2 Å². The van der Waals surface area contributed by atoms with E-state index in [0.29, 0.717) is 22.4 Å². The zero-order valence-electron chi connectivity index (χ0n) is 13.7. The molecule has 1 N–H and O–H groups in total. The lowest BCUT2D eigenvalue weighted by molar-refractivity contribution is 0.0608. The molecular formula is C17H19N5O2. The molecule has 0 aromatic carbocycles. The maximum atomic E-state index is 13.3. The van der Waals surface area contributed by atoms with Crippen LogP contribution in [0.2, 0.25) is 0 Å². The van der Waals surface area contributed by atoms with E-state index in [0.717, 1.165) is 37.2 Å². The molecule has 4 rings (SSSR count). The van der Waals surface area contributed by atoms with Gasteiger partial charge in [0.05, 0.1) is 28.4 Å². The molecule has 124 valence electrons. The molecule has 3 aromatic rings. The lowest BCUT2D eigenvalue weighted by atomic mass is 9.97. The van der Waals surface area contributed by atoms with Gasteiger partial charge in [-0.1, -0.05) is 5.16 Å². The van der Waals surface area contributed by atoms with Crippen LogP contribution in [0.25, 0.3) is 11.1 Å². The van der Waals surface area contributed by atoms with Crippen LogP contribution >= 0.6 is 0 Å². The number of amides is 1. The number of rotatable bonds is 2. The van der Waals surface area contributed by atoms with Crippen LogP contribution in [0.1, 0.15) is 52.7 Å². The molecular weight excluding hydrogens is 306 g/mol. The lowest BCUT2D eigenvalue weighted by Crippen LogP contribution is -2.38. The van der Waals surface area contributed by atoms with Gasteiger partial charge in [0.2, 0.25) is 0 Å². The van der Waals surface area contributed by atoms with E-state index in [-0.39, 0.29) is 11.9 Å². The molecule has 1 amide bonds. The highest BCUT2D eigenvalue weighted by molar-refractivity contribution is 6.06. The first-order chi connectivity index (χ1) is 11.6. The van der Waals surface area contributed by atoms with Gasteiger partial charge in [-0.15, -0.1) is 0 Å². The molecule has 0 unspecified atom stereocenters. The smallest absolute Gasteiger partial charge is 0.258 e. The Kier molecular flexibility index (Phi) is 3.55. The molecule has 1 saturated heterocycles. The second kappa shape index (κ2) is 5.74. The molecule has 0 radical (unpaired) electrons. The number of carbonyl (C=O) groups excluding carboxylic acids is 1. The van der Waals surface area contributed by atoms with Gasteiger partial charge in [-0.3, -0.25) is 9.89 Å². The Morgan fingerprint density at radius 2 is 2.25 bits per heavy atom. The molecule has 4 heterocycles. The summed E-state index contributed by atoms with van der Waals surface area (Å²) in [6.07, 6.45) is 4.77. The van der Waals surface area contributed by atoms with Crippen molar-refractivity contribution in [2.45, 2.75) is 39.2 Å². The molecule has 24 heavy (non-hydrogen) atoms. The highest BCUT2D eigenvalue weighted by atomic mass is 16.5. The van der Waals surface area contributed by atoms with E-state index in [1.165, 1.54) is 0 Å². The van der Waals surface area contributed by atoms with Gasteiger partial charge in [-0.05, 0) is 45.2 Å². The van der Waals surface area contributed by atoms with Gasteiger partial charge in [0.15, 0.2) is 0 Å². The highest BCUT2D eigenvalue weighted by Gasteiger charge is 2.31. The Labute approximate surface area is 139 Å². The number of aromatic amines is 1. The van der Waals surface area contributed by atoms with Gasteiger partial charge in [0.1, 0.15) is 0 Å². The molecule has 1 atom stereocenters. The fraction of sp³-hybridized carbons (Fsp3) is 0.412. The van der Waals surface area contributed by atoms with E-state index >= 15 is 0 Å². The number of likely N-dealkylation sites (tertiary alicyclic amines) is 1. The largest absolute Gasteiger partial charge is 0.336 e. The Balaban J connectivity index is 1.78. The Morgan fingerprint density at radius 3 is 3.04 bits per heavy atom. The summed E-state index contributed by atoms with van der Waals surface area (Å²) >= 11 is 0. The van der Waals surface area contributed by atoms with E-state index in [1.54, 1.807) is 6.20 Å². The number of fused-ring (bicyclic) bond motifs is 1. The average Bonchev–Trinajstić information content (AvgIpc) is 3.24. The second-order valence-electron chi connectivity index (χ2n) is 6.28. The third kappa shape index (κ3) is 2.36. The minimum Gasteiger partial charge on any atom is -0.336 e. The van der Waals surface area contributed by atoms with Crippen molar-refractivity contribution >= 4 is 17.0 Å². The van der Waals surface area contributed by atoms with Crippen molar-refractivity contribution in [3.05, 3.63) is 41.0 Å². The van der Waals surface area contributed by atoms with E-state index < -0.39 is 0 Å². The number of nitrogens with zero attached hydrogens (tertiary/aromatic N) is 4. The standard InChI is InChI=1S/C17H19N5O2/c1-10-9-12(15-11(2)21-24-16(15)19-10)17(23)22-8-4-3-5-14(22)13-6-7-18-20-13/h6-7,9,14H,3-5,8H2,1-2H3,(H,18,20)/t14-/m1/s1. The normalized spacial score (nSPS) is 18.2. The van der Waals surface area contributed by atoms with Crippen LogP contribution in [-0.2, 0) is 0 Å². The molecule has 3 aromatic heterocycles. The zero-order chi connectivity index (χ0) is 16.7. The fourth-order valence-corrected chi connectivity index (χ4v) is 3.49. The lowest BCUT2D eigenvalue weighted by Gasteiger charge is -2.35. The molecule has 1 aliphatic rings. The highest BCUT2D eigenvalue weighted by Crippen LogP contribution is 2.32. The predicted molar refractivity (Wildman–Crippen MR) is 87.5 cm³/mol. The van der Waals surface area contributed by atoms with Crippen molar-refractivity contribution in [2.75, 3.05) is 6.54 Å². The summed E-state index contributed by atoms with van der Waals surface area (Å²) in [5, 5.41) is 11.7. The monoisotopic (exact) mass is 325 g/mol. The number of hydrogen-bond acceptors (Lipinski definition) is 5. The van der Waals surface area contributed by atoms with Crippen LogP contribution in [-0.4, -0.2) is 37.7 Å². The van der Waals surface area contributed by atoms with Crippen LogP contribution < -0.4 is 0 Å². The fourth-order valence-electron chi connectivity index (χ4n) is 3.49. The summed E-state index contributed by atoms with van der Waals surface area (Å²) in [7, 11) is 0. The number of aryl methyl sites for hydroxylation is 2. The van der Waals surface area contributed by atoms with Crippen molar-refractivity contribution < 1.29 is 9.32 Å². The summed E-state index contributed by atoms with van der Waals surface area (Å²) in [6, 6.07) is 3.79. The summed E-state index contributed by atoms with van der Waals surface area (Å²) in [5.74, 6) is -0.00361. The van der Waals surface area contributed by atoms with E-state index in [1.807, 2.05) is 30.9 Å². The number of piperidine rings is 1. The zero-order valence-corrected chi connectivity index (χ0v) is 13.7. The number of H-pyrrole nitrogens is 1. The minimum atomic E-state index is -0.00361. The first-order valence-electron chi connectivity index (χ1n) is 8.19. The number of hydrogen-bond donors (Lipinski definition) is 1. The second-order valence-corrected chi connectivity index (χ2v) is 6.28. The summed E-state index contributed by atoms with van der Waals surface area (Å²) in [5.41, 5.74) is 3.45. The van der Waals surface area contributed by atoms with Crippen molar-refractivity contribution in [1.29, 1.82) is 0 Å². The van der Waals surface area contributed by atoms with Gasteiger partial charge in [0, 0.05) is 18.4 Å². The van der Waals surface area contributed by atoms with Crippen molar-refractivity contribution in [2.24, 2.45) is 0 Å². The number of aromatic nitrogens is 4. The molecule has 0 bridgehead atoms. The van der Waals surface area contributed by atoms with Crippen molar-refractivity contribution in [3.8, 4) is 0 Å². The predicted octanol–water partition coefficient (Wildman–Crippen LogP) is 2.93. The van der Waals surface area contributed by atoms with Crippen LogP contribution in [0.4, 0.5) is 0 Å². The molecule has 0 spiro atoms. The molecule has 7 heteroatoms. The topological polar surface area (TPSA) is 87.9 Å². The maximum absolute atomic E-state index is 13.3. The van der Waals surface area contributed by atoms with Gasteiger partial charge in [0.25, 0.3) is 11.6 Å². The van der Waals surface area contributed by atoms with Crippen LogP contribution in [0.15, 0.2) is 22.9 Å². The summed E-state index contributed by atoms with van der Waals surface area (Å²) < 4.78 is 5.26. The van der Waals surface area contributed by atoms with Crippen LogP contribution in [0.5, 0.6) is 0 Å². The number of pyridine rings is 1. The van der Waals surface area contributed by atoms with Gasteiger partial charge >= 0.3 is 0 Å². The van der Waals surface area contributed by atoms with E-state index in [2.05, 4.69) is 20.3 Å². The minimum absolute atomic E-state index is 0.00361. The average molecular weight is 325 g/mol. The third-order valence-electron chi connectivity index (χ3n) is 4.62. The number of nitrogens with one attached hydrogen (secondary N) is 1. The van der Waals surface area contributed by atoms with Gasteiger partial charge in [-0.2, -0.15) is 5.10 Å². The Hall–Kier alpha value is -2.70. The number of carbonyl (C=O) groups is 1. The molecule has 1 fully saturated rings. The molecule has 0 aliphatic carbocycles. The maximum Gasteiger partial charge on any atom is 0.258 e. The Bertz CT molecular complexity index is 884. The van der Waals surface area contributed by atoms with E-state index in [4.69, 9.17) is 4.52 Å². The third-order valence-corrected chi connectivity index (χ3v) is 4.62. The first-order valence-corrected chi connectivity index (χ1v) is 8.19. The van der Waals surface area contributed by atoms with Crippen LogP contribution in [0.3, 0.4) is 0 Å². The summed E-state index contributed by atoms with van der Waals surface area (Å²) in [6.45, 7) is 4.43. The van der Waals surface area contributed by atoms with Gasteiger partial charge in [-0.25, -0.2) is 4.98 Å². The quantitative estimate of drug-likeness (QED) is 0.782.